The van der Waals surface area contributed by atoms with Crippen molar-refractivity contribution in [3.8, 4) is 0 Å². The number of rotatable bonds is 2. The van der Waals surface area contributed by atoms with Crippen LogP contribution in [0.1, 0.15) is 17.5 Å². The summed E-state index contributed by atoms with van der Waals surface area (Å²) >= 11 is 6.75. The second-order valence-corrected chi connectivity index (χ2v) is 6.08. The van der Waals surface area contributed by atoms with Crippen LogP contribution in [0.5, 0.6) is 0 Å². The van der Waals surface area contributed by atoms with E-state index in [2.05, 4.69) is 36.8 Å². The molecule has 2 heterocycles. The third-order valence-corrected chi connectivity index (χ3v) is 4.02. The first-order valence-electron chi connectivity index (χ1n) is 5.81. The van der Waals surface area contributed by atoms with Crippen LogP contribution in [0.15, 0.2) is 49.9 Å². The van der Waals surface area contributed by atoms with Crippen LogP contribution in [0, 0.1) is 5.82 Å². The smallest absolute Gasteiger partial charge is 0.169 e. The fourth-order valence-electron chi connectivity index (χ4n) is 1.99. The van der Waals surface area contributed by atoms with Crippen molar-refractivity contribution in [2.24, 2.45) is 5.73 Å². The number of hydrogen-bond acceptors (Lipinski definition) is 3. The Morgan fingerprint density at radius 1 is 1.25 bits per heavy atom. The number of nitrogens with two attached hydrogens (primary N) is 1. The lowest BCUT2D eigenvalue weighted by Gasteiger charge is -2.10. The fourth-order valence-corrected chi connectivity index (χ4v) is 3.22. The van der Waals surface area contributed by atoms with E-state index in [0.717, 1.165) is 8.95 Å². The van der Waals surface area contributed by atoms with Crippen molar-refractivity contribution in [2.75, 3.05) is 0 Å². The molecular weight excluding hydrogens is 391 g/mol. The molecule has 1 atom stereocenters. The second-order valence-electron chi connectivity index (χ2n) is 4.31. The third-order valence-electron chi connectivity index (χ3n) is 2.95. The minimum absolute atomic E-state index is 0.214. The summed E-state index contributed by atoms with van der Waals surface area (Å²) in [4.78, 5) is 4.27. The molecule has 0 aliphatic rings. The Labute approximate surface area is 131 Å². The summed E-state index contributed by atoms with van der Waals surface area (Å²) in [6.45, 7) is 0. The molecule has 3 nitrogen and oxygen atoms in total. The molecule has 0 spiro atoms. The van der Waals surface area contributed by atoms with Crippen molar-refractivity contribution >= 4 is 42.8 Å². The molecule has 2 N–H and O–H groups in total. The molecule has 0 saturated carbocycles. The van der Waals surface area contributed by atoms with E-state index in [1.807, 2.05) is 6.07 Å². The van der Waals surface area contributed by atoms with Gasteiger partial charge in [-0.05, 0) is 50.1 Å². The Kier molecular flexibility index (Phi) is 3.62. The summed E-state index contributed by atoms with van der Waals surface area (Å²) in [5.41, 5.74) is 7.00. The lowest BCUT2D eigenvalue weighted by molar-refractivity contribution is 0.498. The van der Waals surface area contributed by atoms with Gasteiger partial charge in [-0.1, -0.05) is 12.1 Å². The maximum Gasteiger partial charge on any atom is 0.169 e. The fraction of sp³-hybridized carbons (Fsp3) is 0.0714. The second kappa shape index (κ2) is 5.27. The van der Waals surface area contributed by atoms with Crippen molar-refractivity contribution in [1.29, 1.82) is 0 Å². The number of halogens is 3. The molecule has 0 aliphatic carbocycles. The van der Waals surface area contributed by atoms with Crippen LogP contribution in [0.4, 0.5) is 4.39 Å². The largest absolute Gasteiger partial charge is 0.456 e. The predicted molar refractivity (Wildman–Crippen MR) is 81.8 cm³/mol. The predicted octanol–water partition coefficient (Wildman–Crippen LogP) is 4.54. The SMILES string of the molecule is NC(c1cc2cccc(F)c2o1)c1ncc(Br)cc1Br. The van der Waals surface area contributed by atoms with Gasteiger partial charge in [-0.25, -0.2) is 4.39 Å². The summed E-state index contributed by atoms with van der Waals surface area (Å²) in [6, 6.07) is 7.79. The van der Waals surface area contributed by atoms with Gasteiger partial charge in [-0.2, -0.15) is 0 Å². The number of fused-ring (bicyclic) bond motifs is 1. The normalized spacial score (nSPS) is 12.8. The van der Waals surface area contributed by atoms with Gasteiger partial charge >= 0.3 is 0 Å². The van der Waals surface area contributed by atoms with Gasteiger partial charge in [-0.3, -0.25) is 4.98 Å². The van der Waals surface area contributed by atoms with Crippen LogP contribution < -0.4 is 5.73 Å². The molecule has 2 aromatic heterocycles. The van der Waals surface area contributed by atoms with Crippen LogP contribution in [0.3, 0.4) is 0 Å². The van der Waals surface area contributed by atoms with Gasteiger partial charge in [0.15, 0.2) is 11.4 Å². The molecule has 3 rings (SSSR count). The highest BCUT2D eigenvalue weighted by atomic mass is 79.9. The molecular formula is C14H9Br2FN2O. The molecule has 3 aromatic rings. The van der Waals surface area contributed by atoms with Crippen molar-refractivity contribution in [3.63, 3.8) is 0 Å². The molecule has 0 amide bonds. The number of furan rings is 1. The quantitative estimate of drug-likeness (QED) is 0.688. The molecule has 0 fully saturated rings. The molecule has 102 valence electrons. The number of pyridine rings is 1. The molecule has 6 heteroatoms. The lowest BCUT2D eigenvalue weighted by Crippen LogP contribution is -2.13. The van der Waals surface area contributed by atoms with Crippen molar-refractivity contribution in [1.82, 2.24) is 4.98 Å². The maximum atomic E-state index is 13.6. The number of aromatic nitrogens is 1. The number of nitrogens with zero attached hydrogens (tertiary/aromatic N) is 1. The van der Waals surface area contributed by atoms with Gasteiger partial charge < -0.3 is 10.2 Å². The molecule has 1 unspecified atom stereocenters. The van der Waals surface area contributed by atoms with Gasteiger partial charge in [0.1, 0.15) is 11.8 Å². The van der Waals surface area contributed by atoms with E-state index in [1.165, 1.54) is 6.07 Å². The lowest BCUT2D eigenvalue weighted by atomic mass is 10.1. The zero-order chi connectivity index (χ0) is 14.3. The summed E-state index contributed by atoms with van der Waals surface area (Å²) in [5.74, 6) is 0.0735. The monoisotopic (exact) mass is 398 g/mol. The molecule has 0 radical (unpaired) electrons. The van der Waals surface area contributed by atoms with Crippen molar-refractivity contribution < 1.29 is 8.81 Å². The summed E-state index contributed by atoms with van der Waals surface area (Å²) in [5, 5.41) is 0.684. The maximum absolute atomic E-state index is 13.6. The first-order valence-corrected chi connectivity index (χ1v) is 7.39. The zero-order valence-corrected chi connectivity index (χ0v) is 13.3. The summed E-state index contributed by atoms with van der Waals surface area (Å²) in [7, 11) is 0. The number of benzene rings is 1. The van der Waals surface area contributed by atoms with Crippen LogP contribution in [0.2, 0.25) is 0 Å². The first kappa shape index (κ1) is 13.7. The van der Waals surface area contributed by atoms with Crippen LogP contribution >= 0.6 is 31.9 Å². The van der Waals surface area contributed by atoms with Gasteiger partial charge in [0.05, 0.1) is 5.69 Å². The zero-order valence-electron chi connectivity index (χ0n) is 10.1. The van der Waals surface area contributed by atoms with E-state index in [1.54, 1.807) is 24.4 Å². The summed E-state index contributed by atoms with van der Waals surface area (Å²) in [6.07, 6.45) is 1.66. The highest BCUT2D eigenvalue weighted by Gasteiger charge is 2.19. The van der Waals surface area contributed by atoms with E-state index in [4.69, 9.17) is 10.2 Å². The Balaban J connectivity index is 2.08. The van der Waals surface area contributed by atoms with E-state index in [-0.39, 0.29) is 5.58 Å². The van der Waals surface area contributed by atoms with Crippen molar-refractivity contribution in [3.05, 3.63) is 62.7 Å². The van der Waals surface area contributed by atoms with Gasteiger partial charge in [0, 0.05) is 20.5 Å². The van der Waals surface area contributed by atoms with Crippen LogP contribution in [-0.4, -0.2) is 4.98 Å². The summed E-state index contributed by atoms with van der Waals surface area (Å²) < 4.78 is 20.8. The molecule has 0 saturated heterocycles. The van der Waals surface area contributed by atoms with E-state index >= 15 is 0 Å². The van der Waals surface area contributed by atoms with Crippen molar-refractivity contribution in [2.45, 2.75) is 6.04 Å². The third kappa shape index (κ3) is 2.39. The number of hydrogen-bond donors (Lipinski definition) is 1. The average molecular weight is 400 g/mol. The highest BCUT2D eigenvalue weighted by molar-refractivity contribution is 9.11. The number of para-hydroxylation sites is 1. The Hall–Kier alpha value is -1.24. The highest BCUT2D eigenvalue weighted by Crippen LogP contribution is 2.31. The van der Waals surface area contributed by atoms with Gasteiger partial charge in [-0.15, -0.1) is 0 Å². The standard InChI is InChI=1S/C14H9Br2FN2O/c15-8-5-9(16)13(19-6-8)12(18)11-4-7-2-1-3-10(17)14(7)20-11/h1-6,12H,18H2. The van der Waals surface area contributed by atoms with Gasteiger partial charge in [0.25, 0.3) is 0 Å². The molecule has 1 aromatic carbocycles. The molecule has 0 aliphatic heterocycles. The van der Waals surface area contributed by atoms with E-state index in [0.29, 0.717) is 16.8 Å². The topological polar surface area (TPSA) is 52.0 Å². The van der Waals surface area contributed by atoms with E-state index in [9.17, 15) is 4.39 Å². The minimum atomic E-state index is -0.565. The van der Waals surface area contributed by atoms with Gasteiger partial charge in [0.2, 0.25) is 0 Å². The first-order chi connectivity index (χ1) is 9.56. The van der Waals surface area contributed by atoms with Crippen LogP contribution in [-0.2, 0) is 0 Å². The Morgan fingerprint density at radius 3 is 2.75 bits per heavy atom. The van der Waals surface area contributed by atoms with E-state index < -0.39 is 11.9 Å². The Bertz CT molecular complexity index is 788. The minimum Gasteiger partial charge on any atom is -0.456 e. The average Bonchev–Trinajstić information content (AvgIpc) is 2.83. The van der Waals surface area contributed by atoms with Crippen LogP contribution in [0.25, 0.3) is 11.0 Å². The molecule has 0 bridgehead atoms. The molecule has 20 heavy (non-hydrogen) atoms. The Morgan fingerprint density at radius 2 is 2.05 bits per heavy atom.